The van der Waals surface area contributed by atoms with Gasteiger partial charge in [0.25, 0.3) is 0 Å². The van der Waals surface area contributed by atoms with Gasteiger partial charge in [0.1, 0.15) is 16.9 Å². The molecule has 1 fully saturated rings. The molecule has 0 bridgehead atoms. The van der Waals surface area contributed by atoms with Gasteiger partial charge < -0.3 is 9.84 Å². The van der Waals surface area contributed by atoms with E-state index in [1.54, 1.807) is 0 Å². The molecule has 1 N–H and O–H groups in total. The second kappa shape index (κ2) is 5.89. The summed E-state index contributed by atoms with van der Waals surface area (Å²) in [6.45, 7) is 1.26. The van der Waals surface area contributed by atoms with Crippen molar-refractivity contribution in [3.63, 3.8) is 0 Å². The van der Waals surface area contributed by atoms with E-state index in [0.717, 1.165) is 29.6 Å². The van der Waals surface area contributed by atoms with Crippen LogP contribution in [0.5, 0.6) is 0 Å². The van der Waals surface area contributed by atoms with Crippen LogP contribution in [0.2, 0.25) is 0 Å². The number of rotatable bonds is 4. The number of carboxylic acid groups (broad SMARTS) is 1. The van der Waals surface area contributed by atoms with Crippen molar-refractivity contribution in [2.45, 2.75) is 30.2 Å². The zero-order valence-electron chi connectivity index (χ0n) is 12.6. The van der Waals surface area contributed by atoms with Crippen LogP contribution in [0.25, 0.3) is 0 Å². The molecule has 1 aliphatic heterocycles. The number of ether oxygens (including phenoxy) is 1. The molecule has 0 aliphatic carbocycles. The minimum absolute atomic E-state index is 0.0255. The fourth-order valence-corrected chi connectivity index (χ4v) is 4.67. The third-order valence-corrected chi connectivity index (χ3v) is 6.03. The maximum absolute atomic E-state index is 14.0. The normalized spacial score (nSPS) is 22.0. The van der Waals surface area contributed by atoms with Crippen molar-refractivity contribution in [1.29, 1.82) is 0 Å². The Morgan fingerprint density at radius 3 is 2.61 bits per heavy atom. The van der Waals surface area contributed by atoms with E-state index in [1.165, 1.54) is 6.92 Å². The molecule has 7 nitrogen and oxygen atoms in total. The van der Waals surface area contributed by atoms with E-state index >= 15 is 0 Å². The Morgan fingerprint density at radius 1 is 1.39 bits per heavy atom. The van der Waals surface area contributed by atoms with Gasteiger partial charge >= 0.3 is 11.9 Å². The molecule has 1 aromatic rings. The van der Waals surface area contributed by atoms with Crippen LogP contribution in [0.3, 0.4) is 0 Å². The van der Waals surface area contributed by atoms with Crippen molar-refractivity contribution in [2.75, 3.05) is 13.7 Å². The highest BCUT2D eigenvalue weighted by Gasteiger charge is 2.50. The average molecular weight is 345 g/mol. The number of methoxy groups -OCH3 is 1. The maximum Gasteiger partial charge on any atom is 0.342 e. The summed E-state index contributed by atoms with van der Waals surface area (Å²) in [5.41, 5.74) is -2.37. The molecule has 1 saturated heterocycles. The molecular weight excluding hydrogens is 329 g/mol. The summed E-state index contributed by atoms with van der Waals surface area (Å²) in [5.74, 6) is -3.48. The first-order valence-electron chi connectivity index (χ1n) is 6.79. The van der Waals surface area contributed by atoms with Crippen LogP contribution in [0.4, 0.5) is 4.39 Å². The topological polar surface area (TPSA) is 101 Å². The first kappa shape index (κ1) is 17.4. The Labute approximate surface area is 132 Å². The molecule has 0 aromatic heterocycles. The predicted octanol–water partition coefficient (Wildman–Crippen LogP) is 1.24. The molecule has 1 heterocycles. The molecule has 23 heavy (non-hydrogen) atoms. The van der Waals surface area contributed by atoms with E-state index in [2.05, 4.69) is 4.74 Å². The van der Waals surface area contributed by atoms with Gasteiger partial charge in [0, 0.05) is 6.54 Å². The van der Waals surface area contributed by atoms with E-state index in [9.17, 15) is 27.5 Å². The quantitative estimate of drug-likeness (QED) is 0.824. The van der Waals surface area contributed by atoms with E-state index in [4.69, 9.17) is 0 Å². The molecule has 1 atom stereocenters. The third-order valence-electron chi connectivity index (χ3n) is 3.97. The standard InChI is InChI=1S/C14H16FNO6S/c1-14(13(18)19)7-4-8-16(14)23(20,21)10-6-3-5-9(15)11(10)12(17)22-2/h3,5-6H,4,7-8H2,1-2H3,(H,18,19)/t14-/m1/s1. The van der Waals surface area contributed by atoms with E-state index in [1.807, 2.05) is 0 Å². The van der Waals surface area contributed by atoms with Crippen molar-refractivity contribution in [1.82, 2.24) is 4.31 Å². The van der Waals surface area contributed by atoms with Crippen molar-refractivity contribution >= 4 is 22.0 Å². The lowest BCUT2D eigenvalue weighted by Crippen LogP contribution is -2.50. The monoisotopic (exact) mass is 345 g/mol. The van der Waals surface area contributed by atoms with Crippen LogP contribution < -0.4 is 0 Å². The van der Waals surface area contributed by atoms with Crippen LogP contribution in [0, 0.1) is 5.82 Å². The van der Waals surface area contributed by atoms with Gasteiger partial charge in [0.15, 0.2) is 0 Å². The van der Waals surface area contributed by atoms with Gasteiger partial charge in [0.05, 0.1) is 12.0 Å². The van der Waals surface area contributed by atoms with Gasteiger partial charge in [-0.3, -0.25) is 4.79 Å². The molecule has 0 unspecified atom stereocenters. The van der Waals surface area contributed by atoms with Gasteiger partial charge in [-0.2, -0.15) is 4.31 Å². The van der Waals surface area contributed by atoms with Crippen molar-refractivity contribution in [2.24, 2.45) is 0 Å². The number of halogens is 1. The minimum atomic E-state index is -4.39. The first-order valence-corrected chi connectivity index (χ1v) is 8.23. The molecule has 2 rings (SSSR count). The largest absolute Gasteiger partial charge is 0.480 e. The molecule has 1 aliphatic rings. The minimum Gasteiger partial charge on any atom is -0.480 e. The SMILES string of the molecule is COC(=O)c1c(F)cccc1S(=O)(=O)N1CCC[C@]1(C)C(=O)O. The molecule has 0 spiro atoms. The maximum atomic E-state index is 14.0. The number of carbonyl (C=O) groups excluding carboxylic acids is 1. The number of hydrogen-bond donors (Lipinski definition) is 1. The summed E-state index contributed by atoms with van der Waals surface area (Å²) in [5, 5.41) is 9.36. The summed E-state index contributed by atoms with van der Waals surface area (Å²) >= 11 is 0. The number of nitrogens with zero attached hydrogens (tertiary/aromatic N) is 1. The van der Waals surface area contributed by atoms with Gasteiger partial charge in [0.2, 0.25) is 10.0 Å². The van der Waals surface area contributed by atoms with Gasteiger partial charge in [-0.1, -0.05) is 6.07 Å². The van der Waals surface area contributed by atoms with Crippen molar-refractivity contribution < 1.29 is 32.2 Å². The van der Waals surface area contributed by atoms with Crippen LogP contribution >= 0.6 is 0 Å². The van der Waals surface area contributed by atoms with E-state index in [0.29, 0.717) is 6.42 Å². The molecule has 126 valence electrons. The number of sulfonamides is 1. The second-order valence-corrected chi connectivity index (χ2v) is 7.20. The van der Waals surface area contributed by atoms with Crippen LogP contribution in [-0.2, 0) is 19.6 Å². The molecule has 0 radical (unpaired) electrons. The second-order valence-electron chi connectivity index (χ2n) is 5.36. The zero-order chi connectivity index (χ0) is 17.4. The fraction of sp³-hybridized carbons (Fsp3) is 0.429. The highest BCUT2D eigenvalue weighted by atomic mass is 32.2. The van der Waals surface area contributed by atoms with Crippen molar-refractivity contribution in [3.05, 3.63) is 29.6 Å². The molecule has 1 aromatic carbocycles. The number of carboxylic acids is 1. The first-order chi connectivity index (χ1) is 10.7. The zero-order valence-corrected chi connectivity index (χ0v) is 13.4. The number of benzene rings is 1. The predicted molar refractivity (Wildman–Crippen MR) is 76.9 cm³/mol. The number of esters is 1. The van der Waals surface area contributed by atoms with E-state index in [-0.39, 0.29) is 13.0 Å². The summed E-state index contributed by atoms with van der Waals surface area (Å²) in [6.07, 6.45) is 0.481. The molecule has 9 heteroatoms. The van der Waals surface area contributed by atoms with Crippen molar-refractivity contribution in [3.8, 4) is 0 Å². The Kier molecular flexibility index (Phi) is 4.45. The van der Waals surface area contributed by atoms with E-state index < -0.39 is 43.8 Å². The molecule has 0 amide bonds. The lowest BCUT2D eigenvalue weighted by atomic mass is 10.0. The highest BCUT2D eigenvalue weighted by molar-refractivity contribution is 7.89. The Bertz CT molecular complexity index is 763. The lowest BCUT2D eigenvalue weighted by molar-refractivity contribution is -0.146. The molecular formula is C14H16FNO6S. The van der Waals surface area contributed by atoms with Gasteiger partial charge in [-0.15, -0.1) is 0 Å². The summed E-state index contributed by atoms with van der Waals surface area (Å²) in [4.78, 5) is 22.6. The average Bonchev–Trinajstić information content (AvgIpc) is 2.90. The Hall–Kier alpha value is -2.00. The van der Waals surface area contributed by atoms with Crippen LogP contribution in [0.1, 0.15) is 30.1 Å². The number of aliphatic carboxylic acids is 1. The fourth-order valence-electron chi connectivity index (χ4n) is 2.68. The summed E-state index contributed by atoms with van der Waals surface area (Å²) in [6, 6.07) is 3.14. The summed E-state index contributed by atoms with van der Waals surface area (Å²) in [7, 11) is -3.39. The highest BCUT2D eigenvalue weighted by Crippen LogP contribution is 2.36. The van der Waals surface area contributed by atoms with Gasteiger partial charge in [-0.05, 0) is 31.9 Å². The number of carbonyl (C=O) groups is 2. The van der Waals surface area contributed by atoms with Crippen LogP contribution in [-0.4, -0.2) is 49.0 Å². The molecule has 0 saturated carbocycles. The lowest BCUT2D eigenvalue weighted by Gasteiger charge is -2.30. The Balaban J connectivity index is 2.64. The number of hydrogen-bond acceptors (Lipinski definition) is 5. The third kappa shape index (κ3) is 2.70. The summed E-state index contributed by atoms with van der Waals surface area (Å²) < 4.78 is 44.9. The Morgan fingerprint density at radius 2 is 2.04 bits per heavy atom. The smallest absolute Gasteiger partial charge is 0.342 e. The van der Waals surface area contributed by atoms with Crippen LogP contribution in [0.15, 0.2) is 23.1 Å². The van der Waals surface area contributed by atoms with Gasteiger partial charge in [-0.25, -0.2) is 17.6 Å².